The first-order valence-corrected chi connectivity index (χ1v) is 7.45. The second-order valence-electron chi connectivity index (χ2n) is 4.09. The summed E-state index contributed by atoms with van der Waals surface area (Å²) >= 11 is 0. The van der Waals surface area contributed by atoms with Crippen LogP contribution in [0, 0.1) is 0 Å². The quantitative estimate of drug-likeness (QED) is 0.750. The molecule has 0 atom stereocenters. The summed E-state index contributed by atoms with van der Waals surface area (Å²) in [5.74, 6) is 0. The van der Waals surface area contributed by atoms with Crippen molar-refractivity contribution in [1.29, 1.82) is 0 Å². The van der Waals surface area contributed by atoms with Crippen LogP contribution in [-0.2, 0) is 9.05 Å². The molecule has 0 bridgehead atoms. The molecule has 0 unspecified atom stereocenters. The Morgan fingerprint density at radius 3 is 2.62 bits per heavy atom. The molecule has 1 aromatic rings. The zero-order valence-corrected chi connectivity index (χ0v) is 10.6. The van der Waals surface area contributed by atoms with E-state index in [1.54, 1.807) is 10.8 Å². The lowest BCUT2D eigenvalue weighted by molar-refractivity contribution is 0.214. The normalized spacial score (nSPS) is 20.1. The number of imidazole rings is 1. The summed E-state index contributed by atoms with van der Waals surface area (Å²) in [7, 11) is 3.65. The Bertz CT molecular complexity index is 463. The van der Waals surface area contributed by atoms with Crippen LogP contribution in [0.2, 0.25) is 0 Å². The molecule has 0 aromatic carbocycles. The predicted octanol–water partition coefficient (Wildman–Crippen LogP) is 1.08. The van der Waals surface area contributed by atoms with E-state index >= 15 is 0 Å². The molecule has 0 saturated carbocycles. The van der Waals surface area contributed by atoms with Gasteiger partial charge in [-0.2, -0.15) is 0 Å². The van der Waals surface area contributed by atoms with Crippen molar-refractivity contribution in [3.05, 3.63) is 12.4 Å². The van der Waals surface area contributed by atoms with Crippen molar-refractivity contribution in [3.63, 3.8) is 0 Å². The van der Waals surface area contributed by atoms with Gasteiger partial charge < -0.3 is 9.47 Å². The van der Waals surface area contributed by atoms with Gasteiger partial charge in [-0.15, -0.1) is 0 Å². The minimum absolute atomic E-state index is 0.0382. The molecule has 2 heterocycles. The SMILES string of the molecule is CN1CCC(n2ccnc2S(=O)(=O)Cl)CC1. The monoisotopic (exact) mass is 263 g/mol. The van der Waals surface area contributed by atoms with E-state index < -0.39 is 9.05 Å². The Morgan fingerprint density at radius 2 is 2.06 bits per heavy atom. The zero-order chi connectivity index (χ0) is 11.8. The summed E-state index contributed by atoms with van der Waals surface area (Å²) in [4.78, 5) is 6.04. The largest absolute Gasteiger partial charge is 0.318 e. The fraction of sp³-hybridized carbons (Fsp3) is 0.667. The molecule has 0 amide bonds. The summed E-state index contributed by atoms with van der Waals surface area (Å²) in [6.45, 7) is 1.93. The zero-order valence-electron chi connectivity index (χ0n) is 9.00. The fourth-order valence-corrected chi connectivity index (χ4v) is 3.05. The first kappa shape index (κ1) is 11.9. The van der Waals surface area contributed by atoms with Crippen molar-refractivity contribution in [1.82, 2.24) is 14.5 Å². The van der Waals surface area contributed by atoms with Gasteiger partial charge in [-0.3, -0.25) is 0 Å². The van der Waals surface area contributed by atoms with Gasteiger partial charge in [0.15, 0.2) is 0 Å². The lowest BCUT2D eigenvalue weighted by atomic mass is 10.1. The van der Waals surface area contributed by atoms with Gasteiger partial charge in [0.2, 0.25) is 5.16 Å². The highest BCUT2D eigenvalue weighted by atomic mass is 35.7. The first-order valence-electron chi connectivity index (χ1n) is 5.14. The Kier molecular flexibility index (Phi) is 3.23. The molecule has 1 fully saturated rings. The molecule has 1 aliphatic rings. The second kappa shape index (κ2) is 4.35. The average Bonchev–Trinajstić information content (AvgIpc) is 2.66. The number of piperidine rings is 1. The number of rotatable bonds is 2. The van der Waals surface area contributed by atoms with E-state index in [1.165, 1.54) is 6.20 Å². The Hall–Kier alpha value is -0.590. The maximum atomic E-state index is 11.3. The van der Waals surface area contributed by atoms with Crippen LogP contribution in [0.5, 0.6) is 0 Å². The number of likely N-dealkylation sites (tertiary alicyclic amines) is 1. The standard InChI is InChI=1S/C9H14ClN3O2S/c1-12-5-2-8(3-6-12)13-7-4-11-9(13)16(10,14)15/h4,7-8H,2-3,5-6H2,1H3. The lowest BCUT2D eigenvalue weighted by Crippen LogP contribution is -2.32. The molecular weight excluding hydrogens is 250 g/mol. The van der Waals surface area contributed by atoms with Crippen molar-refractivity contribution >= 4 is 19.7 Å². The number of nitrogens with zero attached hydrogens (tertiary/aromatic N) is 3. The summed E-state index contributed by atoms with van der Waals surface area (Å²) in [6.07, 6.45) is 5.01. The van der Waals surface area contributed by atoms with Crippen molar-refractivity contribution in [2.24, 2.45) is 0 Å². The van der Waals surface area contributed by atoms with Gasteiger partial charge in [0.1, 0.15) is 0 Å². The third kappa shape index (κ3) is 2.39. The van der Waals surface area contributed by atoms with E-state index in [1.807, 2.05) is 0 Å². The molecule has 2 rings (SSSR count). The molecule has 90 valence electrons. The van der Waals surface area contributed by atoms with Gasteiger partial charge in [0.05, 0.1) is 0 Å². The minimum Gasteiger partial charge on any atom is -0.318 e. The van der Waals surface area contributed by atoms with Crippen LogP contribution in [0.15, 0.2) is 17.6 Å². The van der Waals surface area contributed by atoms with Crippen LogP contribution >= 0.6 is 10.7 Å². The van der Waals surface area contributed by atoms with Gasteiger partial charge in [-0.25, -0.2) is 13.4 Å². The van der Waals surface area contributed by atoms with Crippen LogP contribution in [0.25, 0.3) is 0 Å². The summed E-state index contributed by atoms with van der Waals surface area (Å²) < 4.78 is 24.3. The highest BCUT2D eigenvalue weighted by Crippen LogP contribution is 2.25. The lowest BCUT2D eigenvalue weighted by Gasteiger charge is -2.30. The van der Waals surface area contributed by atoms with Crippen LogP contribution in [0.3, 0.4) is 0 Å². The highest BCUT2D eigenvalue weighted by Gasteiger charge is 2.25. The van der Waals surface area contributed by atoms with E-state index in [-0.39, 0.29) is 11.2 Å². The summed E-state index contributed by atoms with van der Waals surface area (Å²) in [5.41, 5.74) is 0. The molecule has 1 aliphatic heterocycles. The third-order valence-corrected chi connectivity index (χ3v) is 4.10. The molecule has 1 aromatic heterocycles. The first-order chi connectivity index (χ1) is 7.48. The molecule has 5 nitrogen and oxygen atoms in total. The van der Waals surface area contributed by atoms with Crippen molar-refractivity contribution < 1.29 is 8.42 Å². The van der Waals surface area contributed by atoms with Crippen molar-refractivity contribution in [2.75, 3.05) is 20.1 Å². The summed E-state index contributed by atoms with van der Waals surface area (Å²) in [6, 6.07) is 0.183. The van der Waals surface area contributed by atoms with Gasteiger partial charge in [-0.1, -0.05) is 0 Å². The third-order valence-electron chi connectivity index (χ3n) is 2.93. The van der Waals surface area contributed by atoms with Gasteiger partial charge >= 0.3 is 0 Å². The topological polar surface area (TPSA) is 55.2 Å². The average molecular weight is 264 g/mol. The molecular formula is C9H14ClN3O2S. The number of hydrogen-bond acceptors (Lipinski definition) is 4. The van der Waals surface area contributed by atoms with Gasteiger partial charge in [-0.05, 0) is 33.0 Å². The molecule has 0 N–H and O–H groups in total. The molecule has 7 heteroatoms. The summed E-state index contributed by atoms with van der Waals surface area (Å²) in [5, 5.41) is -0.0382. The fourth-order valence-electron chi connectivity index (χ4n) is 2.04. The number of halogens is 1. The molecule has 0 spiro atoms. The smallest absolute Gasteiger partial charge is 0.295 e. The van der Waals surface area contributed by atoms with E-state index in [9.17, 15) is 8.42 Å². The maximum Gasteiger partial charge on any atom is 0.295 e. The molecule has 0 aliphatic carbocycles. The van der Waals surface area contributed by atoms with Crippen LogP contribution in [0.1, 0.15) is 18.9 Å². The molecule has 1 saturated heterocycles. The van der Waals surface area contributed by atoms with Crippen LogP contribution in [-0.4, -0.2) is 43.0 Å². The maximum absolute atomic E-state index is 11.3. The van der Waals surface area contributed by atoms with Gasteiger partial charge in [0, 0.05) is 29.1 Å². The van der Waals surface area contributed by atoms with Crippen molar-refractivity contribution in [2.45, 2.75) is 24.0 Å². The second-order valence-corrected chi connectivity index (χ2v) is 6.55. The number of hydrogen-bond donors (Lipinski definition) is 0. The van der Waals surface area contributed by atoms with Crippen LogP contribution in [0.4, 0.5) is 0 Å². The van der Waals surface area contributed by atoms with Gasteiger partial charge in [0.25, 0.3) is 9.05 Å². The number of aromatic nitrogens is 2. The van der Waals surface area contributed by atoms with E-state index in [4.69, 9.17) is 10.7 Å². The Labute approximate surface area is 99.4 Å². The minimum atomic E-state index is -3.74. The van der Waals surface area contributed by atoms with E-state index in [0.29, 0.717) is 0 Å². The van der Waals surface area contributed by atoms with E-state index in [2.05, 4.69) is 16.9 Å². The Balaban J connectivity index is 2.25. The van der Waals surface area contributed by atoms with Crippen LogP contribution < -0.4 is 0 Å². The van der Waals surface area contributed by atoms with Crippen molar-refractivity contribution in [3.8, 4) is 0 Å². The molecule has 0 radical (unpaired) electrons. The Morgan fingerprint density at radius 1 is 1.44 bits per heavy atom. The highest BCUT2D eigenvalue weighted by molar-refractivity contribution is 8.13. The van der Waals surface area contributed by atoms with E-state index in [0.717, 1.165) is 25.9 Å². The molecule has 16 heavy (non-hydrogen) atoms. The predicted molar refractivity (Wildman–Crippen MR) is 61.0 cm³/mol.